The molecular weight excluding hydrogens is 613 g/mol. The van der Waals surface area contributed by atoms with E-state index in [1.807, 2.05) is 18.4 Å². The van der Waals surface area contributed by atoms with E-state index in [9.17, 15) is 13.2 Å². The molecule has 244 valence electrons. The molecule has 0 amide bonds. The monoisotopic (exact) mass is 650 g/mol. The number of nitrogens with one attached hydrogen (secondary N) is 1. The van der Waals surface area contributed by atoms with Crippen molar-refractivity contribution in [1.29, 1.82) is 0 Å². The molecule has 45 heavy (non-hydrogen) atoms. The molecule has 6 rings (SSSR count). The second-order valence-electron chi connectivity index (χ2n) is 12.7. The van der Waals surface area contributed by atoms with E-state index in [0.29, 0.717) is 58.8 Å². The summed E-state index contributed by atoms with van der Waals surface area (Å²) in [5.74, 6) is 0.569. The normalized spacial score (nSPS) is 24.2. The number of nitrogens with two attached hydrogens (primary N) is 1. The average molecular weight is 651 g/mol. The van der Waals surface area contributed by atoms with E-state index >= 15 is 0 Å². The molecule has 1 saturated carbocycles. The van der Waals surface area contributed by atoms with Crippen molar-refractivity contribution >= 4 is 39.6 Å². The highest BCUT2D eigenvalue weighted by Gasteiger charge is 2.48. The molecule has 0 radical (unpaired) electrons. The van der Waals surface area contributed by atoms with Gasteiger partial charge in [0.2, 0.25) is 0 Å². The molecule has 2 aliphatic rings. The topological polar surface area (TPSA) is 129 Å². The van der Waals surface area contributed by atoms with Crippen molar-refractivity contribution in [1.82, 2.24) is 34.4 Å². The molecule has 3 aromatic heterocycles. The fourth-order valence-electron chi connectivity index (χ4n) is 6.57. The lowest BCUT2D eigenvalue weighted by atomic mass is 9.76. The summed E-state index contributed by atoms with van der Waals surface area (Å²) in [5, 5.41) is -0.348. The van der Waals surface area contributed by atoms with E-state index in [2.05, 4.69) is 43.7 Å². The number of anilines is 1. The third kappa shape index (κ3) is 6.35. The molecule has 1 aliphatic carbocycles. The van der Waals surface area contributed by atoms with Gasteiger partial charge in [-0.15, -0.1) is 0 Å². The van der Waals surface area contributed by atoms with Gasteiger partial charge < -0.3 is 24.9 Å². The van der Waals surface area contributed by atoms with Crippen LogP contribution in [0.5, 0.6) is 0 Å². The minimum absolute atomic E-state index is 0.256. The van der Waals surface area contributed by atoms with Crippen LogP contribution in [0.25, 0.3) is 22.2 Å². The number of ether oxygens (including phenoxy) is 3. The van der Waals surface area contributed by atoms with Crippen molar-refractivity contribution in [2.45, 2.75) is 95.9 Å². The Labute approximate surface area is 263 Å². The van der Waals surface area contributed by atoms with Crippen LogP contribution >= 0.6 is 11.6 Å². The second-order valence-corrected chi connectivity index (χ2v) is 13.1. The number of benzene rings is 1. The predicted octanol–water partition coefficient (Wildman–Crippen LogP) is 5.74. The number of alkyl halides is 3. The molecule has 3 N–H and O–H groups in total. The fraction of sp³-hybridized carbons (Fsp3) is 0.600. The Bertz CT molecular complexity index is 1670. The molecule has 2 fully saturated rings. The number of hydrogen-bond acceptors (Lipinski definition) is 9. The lowest BCUT2D eigenvalue weighted by Gasteiger charge is -2.46. The maximum absolute atomic E-state index is 13.3. The summed E-state index contributed by atoms with van der Waals surface area (Å²) < 4.78 is 60.5. The summed E-state index contributed by atoms with van der Waals surface area (Å²) in [5.41, 5.74) is 7.00. The Morgan fingerprint density at radius 2 is 1.96 bits per heavy atom. The molecule has 3 atom stereocenters. The van der Waals surface area contributed by atoms with Crippen LogP contribution in [0.1, 0.15) is 64.6 Å². The van der Waals surface area contributed by atoms with Crippen LogP contribution in [-0.4, -0.2) is 78.1 Å². The number of nitrogens with zero attached hydrogens (tertiary/aromatic N) is 6. The van der Waals surface area contributed by atoms with Crippen molar-refractivity contribution in [2.75, 3.05) is 19.4 Å². The summed E-state index contributed by atoms with van der Waals surface area (Å²) in [6, 6.07) is 2.91. The van der Waals surface area contributed by atoms with Gasteiger partial charge in [-0.1, -0.05) is 11.6 Å². The van der Waals surface area contributed by atoms with Gasteiger partial charge in [0.1, 0.15) is 29.9 Å². The zero-order valence-corrected chi connectivity index (χ0v) is 26.6. The number of aromatic amines is 1. The van der Waals surface area contributed by atoms with Gasteiger partial charge >= 0.3 is 6.18 Å². The number of hydrogen-bond donors (Lipinski definition) is 2. The number of nitrogen functional groups attached to an aromatic ring is 1. The number of imidazole rings is 2. The molecule has 1 aromatic carbocycles. The van der Waals surface area contributed by atoms with E-state index in [1.165, 1.54) is 12.4 Å². The highest BCUT2D eigenvalue weighted by atomic mass is 35.5. The van der Waals surface area contributed by atoms with Crippen LogP contribution in [-0.2, 0) is 26.8 Å². The number of fused-ring (bicyclic) bond motifs is 2. The van der Waals surface area contributed by atoms with Gasteiger partial charge in [-0.05, 0) is 65.0 Å². The molecule has 0 spiro atoms. The molecule has 1 aliphatic heterocycles. The highest BCUT2D eigenvalue weighted by Crippen LogP contribution is 2.41. The Hall–Kier alpha value is -3.04. The van der Waals surface area contributed by atoms with Crippen LogP contribution < -0.4 is 5.73 Å². The lowest BCUT2D eigenvalue weighted by Crippen LogP contribution is -2.53. The zero-order chi connectivity index (χ0) is 32.3. The van der Waals surface area contributed by atoms with Crippen molar-refractivity contribution in [3.63, 3.8) is 0 Å². The Balaban J connectivity index is 1.11. The lowest BCUT2D eigenvalue weighted by molar-refractivity contribution is -0.163. The smallest absolute Gasteiger partial charge is 0.382 e. The second kappa shape index (κ2) is 12.0. The Kier molecular flexibility index (Phi) is 8.48. The SMILES string of the molecule is CO[C@H](CN(C(C)C)[C@H]1C[C@H](CCc2nc3cc(Cl)c(C(F)(F)F)cc3[nH]2)C1)[C@H]1OC(C)(C)O[C@H]1n1cnc2c(N)ncnc21. The Morgan fingerprint density at radius 1 is 1.20 bits per heavy atom. The third-order valence-electron chi connectivity index (χ3n) is 8.88. The number of H-pyrrole nitrogens is 1. The van der Waals surface area contributed by atoms with E-state index in [1.54, 1.807) is 13.4 Å². The standard InChI is InChI=1S/C30H38ClF3N8O3/c1-15(2)41(17-8-16(9-17)6-7-23-39-20-10-18(30(32,33)34)19(31)11-21(20)40-23)12-22(43-5)25-28(45-29(3,4)44-25)42-14-38-24-26(35)36-13-37-27(24)42/h10-11,13-17,22,25,28H,6-9,12H2,1-5H3,(H,39,40)(H2,35,36,37)/t16-,17-,22-,25-,28-/m1/s1. The summed E-state index contributed by atoms with van der Waals surface area (Å²) in [6.45, 7) is 8.72. The van der Waals surface area contributed by atoms with Crippen LogP contribution in [0.3, 0.4) is 0 Å². The van der Waals surface area contributed by atoms with E-state index in [-0.39, 0.29) is 17.2 Å². The van der Waals surface area contributed by atoms with Crippen molar-refractivity contribution in [3.05, 3.63) is 41.2 Å². The highest BCUT2D eigenvalue weighted by molar-refractivity contribution is 6.32. The van der Waals surface area contributed by atoms with E-state index < -0.39 is 29.9 Å². The predicted molar refractivity (Wildman–Crippen MR) is 162 cm³/mol. The van der Waals surface area contributed by atoms with Crippen LogP contribution in [0.2, 0.25) is 5.02 Å². The van der Waals surface area contributed by atoms with E-state index in [0.717, 1.165) is 25.3 Å². The number of halogens is 4. The zero-order valence-electron chi connectivity index (χ0n) is 25.8. The van der Waals surface area contributed by atoms with Gasteiger partial charge in [0.05, 0.1) is 27.9 Å². The summed E-state index contributed by atoms with van der Waals surface area (Å²) >= 11 is 5.88. The van der Waals surface area contributed by atoms with Crippen molar-refractivity contribution < 1.29 is 27.4 Å². The summed E-state index contributed by atoms with van der Waals surface area (Å²) in [7, 11) is 1.68. The van der Waals surface area contributed by atoms with Crippen LogP contribution in [0, 0.1) is 5.92 Å². The first-order valence-electron chi connectivity index (χ1n) is 15.1. The summed E-state index contributed by atoms with van der Waals surface area (Å²) in [4.78, 5) is 22.8. The number of aromatic nitrogens is 6. The molecule has 0 unspecified atom stereocenters. The van der Waals surface area contributed by atoms with Crippen LogP contribution in [0.15, 0.2) is 24.8 Å². The molecule has 0 bridgehead atoms. The maximum Gasteiger partial charge on any atom is 0.417 e. The minimum Gasteiger partial charge on any atom is -0.382 e. The first kappa shape index (κ1) is 31.9. The molecule has 15 heteroatoms. The average Bonchev–Trinajstić information content (AvgIpc) is 3.62. The van der Waals surface area contributed by atoms with Crippen molar-refractivity contribution in [2.24, 2.45) is 5.92 Å². The molecule has 4 heterocycles. The van der Waals surface area contributed by atoms with Crippen molar-refractivity contribution in [3.8, 4) is 0 Å². The first-order valence-corrected chi connectivity index (χ1v) is 15.4. The fourth-order valence-corrected chi connectivity index (χ4v) is 6.84. The molecular formula is C30H38ClF3N8O3. The number of rotatable bonds is 10. The maximum atomic E-state index is 13.3. The Morgan fingerprint density at radius 3 is 2.64 bits per heavy atom. The molecule has 4 aromatic rings. The van der Waals surface area contributed by atoms with Gasteiger partial charge in [-0.25, -0.2) is 19.9 Å². The summed E-state index contributed by atoms with van der Waals surface area (Å²) in [6.07, 6.45) is 0.735. The van der Waals surface area contributed by atoms with Gasteiger partial charge in [-0.2, -0.15) is 13.2 Å². The number of aryl methyl sites for hydroxylation is 1. The van der Waals surface area contributed by atoms with Gasteiger partial charge in [0.15, 0.2) is 23.5 Å². The van der Waals surface area contributed by atoms with E-state index in [4.69, 9.17) is 31.5 Å². The largest absolute Gasteiger partial charge is 0.417 e. The van der Waals surface area contributed by atoms with Crippen LogP contribution in [0.4, 0.5) is 19.0 Å². The number of methoxy groups -OCH3 is 1. The third-order valence-corrected chi connectivity index (χ3v) is 9.20. The molecule has 1 saturated heterocycles. The van der Waals surface area contributed by atoms with Gasteiger partial charge in [0.25, 0.3) is 0 Å². The van der Waals surface area contributed by atoms with Gasteiger partial charge in [-0.3, -0.25) is 9.47 Å². The molecule has 11 nitrogen and oxygen atoms in total. The quantitative estimate of drug-likeness (QED) is 0.221. The minimum atomic E-state index is -4.52. The first-order chi connectivity index (χ1) is 21.2. The van der Waals surface area contributed by atoms with Gasteiger partial charge in [0, 0.05) is 32.2 Å².